The van der Waals surface area contributed by atoms with E-state index >= 15 is 0 Å². The fourth-order valence-corrected chi connectivity index (χ4v) is 3.46. The topological polar surface area (TPSA) is 36.7 Å². The fourth-order valence-electron chi connectivity index (χ4n) is 2.25. The Morgan fingerprint density at radius 2 is 1.84 bits per heavy atom. The van der Waals surface area contributed by atoms with Gasteiger partial charge in [-0.2, -0.15) is 5.26 Å². The molecule has 0 radical (unpaired) electrons. The maximum absolute atomic E-state index is 9.27. The highest BCUT2D eigenvalue weighted by Crippen LogP contribution is 2.30. The van der Waals surface area contributed by atoms with Crippen LogP contribution in [-0.2, 0) is 12.8 Å². The summed E-state index contributed by atoms with van der Waals surface area (Å²) in [6.45, 7) is 8.78. The molecule has 2 rings (SSSR count). The summed E-state index contributed by atoms with van der Waals surface area (Å²) in [5, 5.41) is 10.5. The van der Waals surface area contributed by atoms with Crippen LogP contribution in [-0.4, -0.2) is 4.98 Å². The molecule has 1 aromatic carbocycles. The molecule has 0 saturated carbocycles. The van der Waals surface area contributed by atoms with Crippen LogP contribution in [0.2, 0.25) is 0 Å². The Morgan fingerprint density at radius 3 is 2.42 bits per heavy atom. The first kappa shape index (κ1) is 14.0. The van der Waals surface area contributed by atoms with Crippen molar-refractivity contribution in [2.75, 3.05) is 0 Å². The van der Waals surface area contributed by atoms with Gasteiger partial charge in [0.05, 0.1) is 26.9 Å². The highest BCUT2D eigenvalue weighted by molar-refractivity contribution is 7.18. The van der Waals surface area contributed by atoms with Crippen LogP contribution in [0.4, 0.5) is 0 Å². The Balaban J connectivity index is 2.54. The summed E-state index contributed by atoms with van der Waals surface area (Å²) in [5.41, 5.74) is 2.96. The minimum absolute atomic E-state index is 0.535. The molecule has 1 aromatic heterocycles. The molecule has 1 heterocycles. The summed E-state index contributed by atoms with van der Waals surface area (Å²) in [6.07, 6.45) is 1.94. The van der Waals surface area contributed by atoms with Gasteiger partial charge in [0.25, 0.3) is 0 Å². The average molecular weight is 272 g/mol. The SMILES string of the molecule is CC(C)Cc1nc2c(CC(C)C)c(C#N)ccc2s1. The van der Waals surface area contributed by atoms with E-state index in [2.05, 4.69) is 33.8 Å². The molecule has 0 fully saturated rings. The Kier molecular flexibility index (Phi) is 4.21. The van der Waals surface area contributed by atoms with Crippen LogP contribution < -0.4 is 0 Å². The van der Waals surface area contributed by atoms with Crippen LogP contribution in [0.25, 0.3) is 10.2 Å². The molecule has 0 aliphatic heterocycles. The maximum atomic E-state index is 9.27. The molecule has 0 N–H and O–H groups in total. The van der Waals surface area contributed by atoms with Gasteiger partial charge in [0.1, 0.15) is 0 Å². The number of benzene rings is 1. The third kappa shape index (κ3) is 3.13. The van der Waals surface area contributed by atoms with E-state index in [0.29, 0.717) is 11.8 Å². The van der Waals surface area contributed by atoms with E-state index in [1.807, 2.05) is 12.1 Å². The van der Waals surface area contributed by atoms with Crippen LogP contribution in [0.3, 0.4) is 0 Å². The molecule has 0 amide bonds. The molecule has 0 bridgehead atoms. The lowest BCUT2D eigenvalue weighted by molar-refractivity contribution is 0.642. The molecule has 2 aromatic rings. The van der Waals surface area contributed by atoms with E-state index in [-0.39, 0.29) is 0 Å². The average Bonchev–Trinajstić information content (AvgIpc) is 2.70. The number of nitriles is 1. The summed E-state index contributed by atoms with van der Waals surface area (Å²) in [7, 11) is 0. The molecular weight excluding hydrogens is 252 g/mol. The monoisotopic (exact) mass is 272 g/mol. The van der Waals surface area contributed by atoms with Gasteiger partial charge in [-0.1, -0.05) is 27.7 Å². The highest BCUT2D eigenvalue weighted by atomic mass is 32.1. The molecular formula is C16H20N2S. The minimum atomic E-state index is 0.535. The van der Waals surface area contributed by atoms with Crippen molar-refractivity contribution in [1.82, 2.24) is 4.98 Å². The molecule has 2 nitrogen and oxygen atoms in total. The number of rotatable bonds is 4. The molecule has 0 atom stereocenters. The first-order valence-corrected chi connectivity index (χ1v) is 7.64. The molecule has 3 heteroatoms. The lowest BCUT2D eigenvalue weighted by Crippen LogP contribution is -1.99. The summed E-state index contributed by atoms with van der Waals surface area (Å²) in [4.78, 5) is 4.78. The normalized spacial score (nSPS) is 11.4. The van der Waals surface area contributed by atoms with E-state index in [4.69, 9.17) is 4.98 Å². The van der Waals surface area contributed by atoms with E-state index in [9.17, 15) is 5.26 Å². The number of hydrogen-bond acceptors (Lipinski definition) is 3. The summed E-state index contributed by atoms with van der Waals surface area (Å²) >= 11 is 1.77. The second-order valence-electron chi connectivity index (χ2n) is 5.85. The zero-order chi connectivity index (χ0) is 14.0. The van der Waals surface area contributed by atoms with Crippen LogP contribution >= 0.6 is 11.3 Å². The van der Waals surface area contributed by atoms with E-state index < -0.39 is 0 Å². The third-order valence-electron chi connectivity index (χ3n) is 3.03. The Labute approximate surface area is 119 Å². The Morgan fingerprint density at radius 1 is 1.16 bits per heavy atom. The van der Waals surface area contributed by atoms with Crippen molar-refractivity contribution >= 4 is 21.6 Å². The van der Waals surface area contributed by atoms with Crippen molar-refractivity contribution in [3.05, 3.63) is 28.3 Å². The zero-order valence-electron chi connectivity index (χ0n) is 12.0. The maximum Gasteiger partial charge on any atom is 0.0995 e. The van der Waals surface area contributed by atoms with Crippen molar-refractivity contribution in [2.24, 2.45) is 11.8 Å². The predicted molar refractivity (Wildman–Crippen MR) is 81.4 cm³/mol. The second kappa shape index (κ2) is 5.71. The predicted octanol–water partition coefficient (Wildman–Crippen LogP) is 4.56. The van der Waals surface area contributed by atoms with E-state index in [1.54, 1.807) is 11.3 Å². The first-order chi connectivity index (χ1) is 9.01. The lowest BCUT2D eigenvalue weighted by Gasteiger charge is -2.07. The van der Waals surface area contributed by atoms with Gasteiger partial charge in [0.2, 0.25) is 0 Å². The van der Waals surface area contributed by atoms with Gasteiger partial charge in [-0.15, -0.1) is 11.3 Å². The van der Waals surface area contributed by atoms with Gasteiger partial charge >= 0.3 is 0 Å². The number of fused-ring (bicyclic) bond motifs is 1. The van der Waals surface area contributed by atoms with Gasteiger partial charge in [0.15, 0.2) is 0 Å². The molecule has 0 saturated heterocycles. The summed E-state index contributed by atoms with van der Waals surface area (Å²) < 4.78 is 1.21. The van der Waals surface area contributed by atoms with Gasteiger partial charge in [-0.3, -0.25) is 0 Å². The standard InChI is InChI=1S/C16H20N2S/c1-10(2)7-13-12(9-17)5-6-14-16(13)18-15(19-14)8-11(3)4/h5-6,10-11H,7-8H2,1-4H3. The van der Waals surface area contributed by atoms with Crippen molar-refractivity contribution in [3.8, 4) is 6.07 Å². The second-order valence-corrected chi connectivity index (χ2v) is 6.97. The van der Waals surface area contributed by atoms with Crippen LogP contribution in [0, 0.1) is 23.2 Å². The van der Waals surface area contributed by atoms with Gasteiger partial charge in [-0.25, -0.2) is 4.98 Å². The first-order valence-electron chi connectivity index (χ1n) is 6.82. The number of thiazole rings is 1. The number of aromatic nitrogens is 1. The quantitative estimate of drug-likeness (QED) is 0.817. The number of nitrogens with zero attached hydrogens (tertiary/aromatic N) is 2. The zero-order valence-corrected chi connectivity index (χ0v) is 12.8. The van der Waals surface area contributed by atoms with Gasteiger partial charge in [0, 0.05) is 6.42 Å². The smallest absolute Gasteiger partial charge is 0.0995 e. The molecule has 0 aliphatic carbocycles. The molecule has 0 aliphatic rings. The van der Waals surface area contributed by atoms with E-state index in [1.165, 1.54) is 9.71 Å². The summed E-state index contributed by atoms with van der Waals surface area (Å²) in [5.74, 6) is 1.15. The molecule has 0 unspecified atom stereocenters. The van der Waals surface area contributed by atoms with Crippen molar-refractivity contribution in [1.29, 1.82) is 5.26 Å². The number of hydrogen-bond donors (Lipinski definition) is 0. The fraction of sp³-hybridized carbons (Fsp3) is 0.500. The van der Waals surface area contributed by atoms with E-state index in [0.717, 1.165) is 29.5 Å². The minimum Gasteiger partial charge on any atom is -0.241 e. The van der Waals surface area contributed by atoms with Crippen molar-refractivity contribution in [3.63, 3.8) is 0 Å². The largest absolute Gasteiger partial charge is 0.241 e. The Hall–Kier alpha value is -1.40. The highest BCUT2D eigenvalue weighted by Gasteiger charge is 2.14. The lowest BCUT2D eigenvalue weighted by atomic mass is 9.97. The van der Waals surface area contributed by atoms with Gasteiger partial charge < -0.3 is 0 Å². The molecule has 100 valence electrons. The Bertz CT molecular complexity index is 617. The molecule has 0 spiro atoms. The molecule has 19 heavy (non-hydrogen) atoms. The van der Waals surface area contributed by atoms with Crippen LogP contribution in [0.5, 0.6) is 0 Å². The van der Waals surface area contributed by atoms with Crippen molar-refractivity contribution in [2.45, 2.75) is 40.5 Å². The van der Waals surface area contributed by atoms with Crippen molar-refractivity contribution < 1.29 is 0 Å². The van der Waals surface area contributed by atoms with Crippen LogP contribution in [0.1, 0.15) is 43.8 Å². The van der Waals surface area contributed by atoms with Gasteiger partial charge in [-0.05, 0) is 36.0 Å². The third-order valence-corrected chi connectivity index (χ3v) is 4.07. The summed E-state index contributed by atoms with van der Waals surface area (Å²) in [6, 6.07) is 6.29. The van der Waals surface area contributed by atoms with Crippen LogP contribution in [0.15, 0.2) is 12.1 Å².